The highest BCUT2D eigenvalue weighted by molar-refractivity contribution is 5.67. The van der Waals surface area contributed by atoms with Crippen molar-refractivity contribution in [3.8, 4) is 22.9 Å². The lowest BCUT2D eigenvalue weighted by Gasteiger charge is -2.39. The molecule has 35 heavy (non-hydrogen) atoms. The molecule has 5 atom stereocenters. The summed E-state index contributed by atoms with van der Waals surface area (Å²) >= 11 is 0. The summed E-state index contributed by atoms with van der Waals surface area (Å²) in [5.74, 6) is 0.977. The fourth-order valence-corrected chi connectivity index (χ4v) is 4.20. The standard InChI is InChI=1S/C26H32N2O7/c1-15(2)28-21(17-7-5-4-6-8-17)19(13-16-9-11-18(33-3)12-10-16)25(27-28)35-26-24(32)23(31)22(30)20(14-29)34-26/h4-12,15,20,22-24,26,29-32H,13-14H2,1-3H3/t20-,22-,23+,24-,26+/m1/s1. The lowest BCUT2D eigenvalue weighted by molar-refractivity contribution is -0.278. The Morgan fingerprint density at radius 2 is 1.66 bits per heavy atom. The minimum absolute atomic E-state index is 0.00743. The molecule has 4 N–H and O–H groups in total. The molecule has 9 heteroatoms. The van der Waals surface area contributed by atoms with Crippen LogP contribution in [0, 0.1) is 0 Å². The summed E-state index contributed by atoms with van der Waals surface area (Å²) in [7, 11) is 1.61. The third-order valence-electron chi connectivity index (χ3n) is 6.12. The van der Waals surface area contributed by atoms with E-state index < -0.39 is 37.3 Å². The van der Waals surface area contributed by atoms with Crippen molar-refractivity contribution in [2.45, 2.75) is 57.0 Å². The van der Waals surface area contributed by atoms with E-state index in [4.69, 9.17) is 19.3 Å². The van der Waals surface area contributed by atoms with E-state index in [1.54, 1.807) is 7.11 Å². The van der Waals surface area contributed by atoms with Gasteiger partial charge in [0.25, 0.3) is 0 Å². The molecular formula is C26H32N2O7. The van der Waals surface area contributed by atoms with E-state index in [0.717, 1.165) is 28.1 Å². The first-order valence-corrected chi connectivity index (χ1v) is 11.6. The highest BCUT2D eigenvalue weighted by Gasteiger charge is 2.45. The molecule has 0 bridgehead atoms. The lowest BCUT2D eigenvalue weighted by atomic mass is 9.99. The minimum atomic E-state index is -1.54. The summed E-state index contributed by atoms with van der Waals surface area (Å²) in [4.78, 5) is 0. The van der Waals surface area contributed by atoms with Crippen LogP contribution >= 0.6 is 0 Å². The summed E-state index contributed by atoms with van der Waals surface area (Å²) in [6.45, 7) is 3.47. The smallest absolute Gasteiger partial charge is 0.239 e. The maximum absolute atomic E-state index is 10.5. The number of hydrogen-bond donors (Lipinski definition) is 4. The molecule has 4 rings (SSSR count). The van der Waals surface area contributed by atoms with Crippen molar-refractivity contribution < 1.29 is 34.6 Å². The fourth-order valence-electron chi connectivity index (χ4n) is 4.20. The van der Waals surface area contributed by atoms with Crippen molar-refractivity contribution in [1.29, 1.82) is 0 Å². The third-order valence-corrected chi connectivity index (χ3v) is 6.12. The second-order valence-electron chi connectivity index (χ2n) is 8.88. The van der Waals surface area contributed by atoms with Gasteiger partial charge in [0.05, 0.1) is 19.4 Å². The molecule has 1 aliphatic heterocycles. The number of aliphatic hydroxyl groups excluding tert-OH is 4. The Balaban J connectivity index is 1.78. The van der Waals surface area contributed by atoms with Crippen LogP contribution in [-0.4, -0.2) is 74.6 Å². The Kier molecular flexibility index (Phi) is 7.73. The number of ether oxygens (including phenoxy) is 3. The van der Waals surface area contributed by atoms with Crippen LogP contribution < -0.4 is 9.47 Å². The Morgan fingerprint density at radius 3 is 2.26 bits per heavy atom. The molecular weight excluding hydrogens is 452 g/mol. The lowest BCUT2D eigenvalue weighted by Crippen LogP contribution is -2.60. The average molecular weight is 485 g/mol. The third kappa shape index (κ3) is 5.19. The summed E-state index contributed by atoms with van der Waals surface area (Å²) in [5.41, 5.74) is 3.56. The largest absolute Gasteiger partial charge is 0.497 e. The van der Waals surface area contributed by atoms with Gasteiger partial charge in [0.2, 0.25) is 12.2 Å². The van der Waals surface area contributed by atoms with E-state index in [1.807, 2.05) is 73.1 Å². The normalized spacial score (nSPS) is 24.5. The van der Waals surface area contributed by atoms with Gasteiger partial charge in [-0.3, -0.25) is 4.68 Å². The molecule has 1 aromatic heterocycles. The first-order chi connectivity index (χ1) is 16.8. The van der Waals surface area contributed by atoms with Gasteiger partial charge in [-0.2, -0.15) is 0 Å². The molecule has 0 spiro atoms. The van der Waals surface area contributed by atoms with Crippen molar-refractivity contribution in [2.75, 3.05) is 13.7 Å². The van der Waals surface area contributed by atoms with E-state index in [2.05, 4.69) is 0 Å². The first kappa shape index (κ1) is 25.2. The van der Waals surface area contributed by atoms with Crippen LogP contribution in [0.4, 0.5) is 0 Å². The zero-order chi connectivity index (χ0) is 25.1. The number of rotatable bonds is 8. The summed E-state index contributed by atoms with van der Waals surface area (Å²) in [6, 6.07) is 17.5. The molecule has 0 amide bonds. The average Bonchev–Trinajstić information content (AvgIpc) is 3.23. The Morgan fingerprint density at radius 1 is 0.971 bits per heavy atom. The molecule has 1 aliphatic rings. The molecule has 188 valence electrons. The Labute approximate surface area is 204 Å². The Bertz CT molecular complexity index is 1100. The molecule has 0 saturated carbocycles. The predicted molar refractivity (Wildman–Crippen MR) is 128 cm³/mol. The van der Waals surface area contributed by atoms with Crippen molar-refractivity contribution in [3.05, 3.63) is 65.7 Å². The maximum Gasteiger partial charge on any atom is 0.239 e. The van der Waals surface area contributed by atoms with Crippen molar-refractivity contribution in [3.63, 3.8) is 0 Å². The van der Waals surface area contributed by atoms with Gasteiger partial charge < -0.3 is 34.6 Å². The molecule has 0 aliphatic carbocycles. The highest BCUT2D eigenvalue weighted by atomic mass is 16.7. The Hall–Kier alpha value is -2.95. The number of nitrogens with zero attached hydrogens (tertiary/aromatic N) is 2. The first-order valence-electron chi connectivity index (χ1n) is 11.6. The van der Waals surface area contributed by atoms with E-state index in [1.165, 1.54) is 0 Å². The van der Waals surface area contributed by atoms with Gasteiger partial charge in [-0.15, -0.1) is 5.10 Å². The van der Waals surface area contributed by atoms with Crippen molar-refractivity contribution in [2.24, 2.45) is 0 Å². The van der Waals surface area contributed by atoms with Crippen LogP contribution in [0.15, 0.2) is 54.6 Å². The zero-order valence-corrected chi connectivity index (χ0v) is 20.0. The predicted octanol–water partition coefficient (Wildman–Crippen LogP) is 1.91. The minimum Gasteiger partial charge on any atom is -0.497 e. The van der Waals surface area contributed by atoms with Gasteiger partial charge in [-0.25, -0.2) is 0 Å². The summed E-state index contributed by atoms with van der Waals surface area (Å²) in [5, 5.41) is 45.1. The van der Waals surface area contributed by atoms with Crippen LogP contribution in [0.25, 0.3) is 11.3 Å². The van der Waals surface area contributed by atoms with Gasteiger partial charge in [-0.05, 0) is 31.5 Å². The molecule has 0 unspecified atom stereocenters. The molecule has 9 nitrogen and oxygen atoms in total. The second-order valence-corrected chi connectivity index (χ2v) is 8.88. The number of hydrogen-bond acceptors (Lipinski definition) is 8. The van der Waals surface area contributed by atoms with E-state index >= 15 is 0 Å². The van der Waals surface area contributed by atoms with E-state index in [9.17, 15) is 20.4 Å². The molecule has 2 aromatic carbocycles. The number of methoxy groups -OCH3 is 1. The highest BCUT2D eigenvalue weighted by Crippen LogP contribution is 2.36. The monoisotopic (exact) mass is 484 g/mol. The van der Waals surface area contributed by atoms with Crippen molar-refractivity contribution in [1.82, 2.24) is 9.78 Å². The van der Waals surface area contributed by atoms with E-state index in [-0.39, 0.29) is 11.9 Å². The van der Waals surface area contributed by atoms with E-state index in [0.29, 0.717) is 6.42 Å². The molecule has 3 aromatic rings. The van der Waals surface area contributed by atoms with Gasteiger partial charge in [0.15, 0.2) is 0 Å². The summed E-state index contributed by atoms with van der Waals surface area (Å²) < 4.78 is 18.8. The van der Waals surface area contributed by atoms with Crippen LogP contribution in [0.3, 0.4) is 0 Å². The molecule has 2 heterocycles. The van der Waals surface area contributed by atoms with Gasteiger partial charge in [0.1, 0.15) is 30.2 Å². The maximum atomic E-state index is 10.5. The van der Waals surface area contributed by atoms with Gasteiger partial charge >= 0.3 is 0 Å². The molecule has 0 radical (unpaired) electrons. The van der Waals surface area contributed by atoms with Crippen LogP contribution in [0.5, 0.6) is 11.6 Å². The van der Waals surface area contributed by atoms with Crippen molar-refractivity contribution >= 4 is 0 Å². The number of benzene rings is 2. The summed E-state index contributed by atoms with van der Waals surface area (Å²) in [6.07, 6.45) is -6.50. The van der Waals surface area contributed by atoms with Gasteiger partial charge in [-0.1, -0.05) is 42.5 Å². The fraction of sp³-hybridized carbons (Fsp3) is 0.423. The number of aromatic nitrogens is 2. The zero-order valence-electron chi connectivity index (χ0n) is 20.0. The quantitative estimate of drug-likeness (QED) is 0.382. The van der Waals surface area contributed by atoms with Crippen LogP contribution in [0.2, 0.25) is 0 Å². The SMILES string of the molecule is COc1ccc(Cc2c(O[C@@H]3O[C@H](CO)[C@@H](O)[C@H](O)[C@H]3O)nn(C(C)C)c2-c2ccccc2)cc1. The molecule has 1 saturated heterocycles. The molecule has 1 fully saturated rings. The topological polar surface area (TPSA) is 126 Å². The van der Waals surface area contributed by atoms with Crippen LogP contribution in [0.1, 0.15) is 31.0 Å². The van der Waals surface area contributed by atoms with Gasteiger partial charge in [0, 0.05) is 23.6 Å². The number of aliphatic hydroxyl groups is 4. The second kappa shape index (κ2) is 10.8. The van der Waals surface area contributed by atoms with Crippen LogP contribution in [-0.2, 0) is 11.2 Å².